The summed E-state index contributed by atoms with van der Waals surface area (Å²) in [6.45, 7) is 2.50. The fourth-order valence-corrected chi connectivity index (χ4v) is 2.83. The van der Waals surface area contributed by atoms with Crippen LogP contribution in [0.5, 0.6) is 0 Å². The van der Waals surface area contributed by atoms with Gasteiger partial charge in [0.1, 0.15) is 0 Å². The first-order valence-corrected chi connectivity index (χ1v) is 8.65. The SMILES string of the molecule is CN(C)CCNc1ccc(CNC(=O)NC2CCCCC2)cc1. The maximum atomic E-state index is 11.9. The Balaban J connectivity index is 1.67. The zero-order valence-corrected chi connectivity index (χ0v) is 14.4. The van der Waals surface area contributed by atoms with Crippen LogP contribution in [0.3, 0.4) is 0 Å². The summed E-state index contributed by atoms with van der Waals surface area (Å²) in [7, 11) is 4.13. The van der Waals surface area contributed by atoms with Crippen LogP contribution in [0.25, 0.3) is 0 Å². The van der Waals surface area contributed by atoms with Gasteiger partial charge in [-0.25, -0.2) is 4.79 Å². The predicted octanol–water partition coefficient (Wildman–Crippen LogP) is 2.79. The molecular formula is C18H30N4O. The van der Waals surface area contributed by atoms with Crippen molar-refractivity contribution in [2.24, 2.45) is 0 Å². The number of likely N-dealkylation sites (N-methyl/N-ethyl adjacent to an activating group) is 1. The second-order valence-electron chi connectivity index (χ2n) is 6.59. The number of benzene rings is 1. The molecule has 0 unspecified atom stereocenters. The summed E-state index contributed by atoms with van der Waals surface area (Å²) < 4.78 is 0. The van der Waals surface area contributed by atoms with Crippen LogP contribution in [0.4, 0.5) is 10.5 Å². The molecule has 0 aromatic heterocycles. The van der Waals surface area contributed by atoms with E-state index in [4.69, 9.17) is 0 Å². The van der Waals surface area contributed by atoms with E-state index in [1.165, 1.54) is 19.3 Å². The van der Waals surface area contributed by atoms with E-state index in [0.717, 1.165) is 37.2 Å². The van der Waals surface area contributed by atoms with Crippen LogP contribution < -0.4 is 16.0 Å². The van der Waals surface area contributed by atoms with E-state index >= 15 is 0 Å². The van der Waals surface area contributed by atoms with E-state index in [1.54, 1.807) is 0 Å². The maximum Gasteiger partial charge on any atom is 0.315 e. The lowest BCUT2D eigenvalue weighted by Crippen LogP contribution is -2.42. The number of nitrogens with zero attached hydrogens (tertiary/aromatic N) is 1. The van der Waals surface area contributed by atoms with Gasteiger partial charge < -0.3 is 20.9 Å². The van der Waals surface area contributed by atoms with Gasteiger partial charge in [0.15, 0.2) is 0 Å². The molecule has 2 amide bonds. The monoisotopic (exact) mass is 318 g/mol. The molecule has 5 nitrogen and oxygen atoms in total. The molecule has 2 rings (SSSR count). The Kier molecular flexibility index (Phi) is 7.20. The van der Waals surface area contributed by atoms with Crippen molar-refractivity contribution in [2.75, 3.05) is 32.5 Å². The first kappa shape index (κ1) is 17.6. The largest absolute Gasteiger partial charge is 0.384 e. The number of urea groups is 1. The van der Waals surface area contributed by atoms with Gasteiger partial charge in [0.2, 0.25) is 0 Å². The van der Waals surface area contributed by atoms with Gasteiger partial charge in [-0.2, -0.15) is 0 Å². The lowest BCUT2D eigenvalue weighted by molar-refractivity contribution is 0.232. The minimum atomic E-state index is -0.0508. The van der Waals surface area contributed by atoms with Crippen molar-refractivity contribution in [3.05, 3.63) is 29.8 Å². The highest BCUT2D eigenvalue weighted by Crippen LogP contribution is 2.17. The van der Waals surface area contributed by atoms with Gasteiger partial charge in [-0.15, -0.1) is 0 Å². The van der Waals surface area contributed by atoms with Gasteiger partial charge in [-0.1, -0.05) is 31.4 Å². The third-order valence-electron chi connectivity index (χ3n) is 4.24. The van der Waals surface area contributed by atoms with E-state index in [-0.39, 0.29) is 6.03 Å². The van der Waals surface area contributed by atoms with Crippen molar-refractivity contribution in [3.63, 3.8) is 0 Å². The Bertz CT molecular complexity index is 466. The average molecular weight is 318 g/mol. The quantitative estimate of drug-likeness (QED) is 0.724. The molecule has 0 saturated heterocycles. The Morgan fingerprint density at radius 1 is 1.13 bits per heavy atom. The lowest BCUT2D eigenvalue weighted by Gasteiger charge is -2.22. The van der Waals surface area contributed by atoms with E-state index in [2.05, 4.69) is 59.2 Å². The summed E-state index contributed by atoms with van der Waals surface area (Å²) >= 11 is 0. The van der Waals surface area contributed by atoms with Crippen molar-refractivity contribution < 1.29 is 4.79 Å². The molecule has 5 heteroatoms. The zero-order chi connectivity index (χ0) is 16.5. The van der Waals surface area contributed by atoms with Gasteiger partial charge in [-0.05, 0) is 44.6 Å². The van der Waals surface area contributed by atoms with Gasteiger partial charge in [-0.3, -0.25) is 0 Å². The molecule has 0 heterocycles. The zero-order valence-electron chi connectivity index (χ0n) is 14.4. The van der Waals surface area contributed by atoms with Gasteiger partial charge in [0, 0.05) is 31.4 Å². The van der Waals surface area contributed by atoms with Crippen molar-refractivity contribution in [3.8, 4) is 0 Å². The fourth-order valence-electron chi connectivity index (χ4n) is 2.83. The predicted molar refractivity (Wildman–Crippen MR) is 95.7 cm³/mol. The Morgan fingerprint density at radius 3 is 2.48 bits per heavy atom. The molecule has 1 aliphatic carbocycles. The molecule has 1 fully saturated rings. The average Bonchev–Trinajstić information content (AvgIpc) is 2.55. The second-order valence-corrected chi connectivity index (χ2v) is 6.59. The molecule has 0 atom stereocenters. The third kappa shape index (κ3) is 6.91. The number of hydrogen-bond acceptors (Lipinski definition) is 3. The highest BCUT2D eigenvalue weighted by atomic mass is 16.2. The van der Waals surface area contributed by atoms with E-state index in [0.29, 0.717) is 12.6 Å². The second kappa shape index (κ2) is 9.40. The number of anilines is 1. The number of carbonyl (C=O) groups is 1. The number of hydrogen-bond donors (Lipinski definition) is 3. The van der Waals surface area contributed by atoms with Crippen LogP contribution in [0, 0.1) is 0 Å². The lowest BCUT2D eigenvalue weighted by atomic mass is 9.96. The topological polar surface area (TPSA) is 56.4 Å². The first-order chi connectivity index (χ1) is 11.1. The molecule has 128 valence electrons. The molecule has 1 aromatic rings. The normalized spacial score (nSPS) is 15.4. The summed E-state index contributed by atoms with van der Waals surface area (Å²) in [5.41, 5.74) is 2.23. The standard InChI is InChI=1S/C18H30N4O/c1-22(2)13-12-19-16-10-8-15(9-11-16)14-20-18(23)21-17-6-4-3-5-7-17/h8-11,17,19H,3-7,12-14H2,1-2H3,(H2,20,21,23). The number of carbonyl (C=O) groups excluding carboxylic acids is 1. The summed E-state index contributed by atoms with van der Waals surface area (Å²) in [5.74, 6) is 0. The Morgan fingerprint density at radius 2 is 1.83 bits per heavy atom. The molecule has 1 saturated carbocycles. The highest BCUT2D eigenvalue weighted by molar-refractivity contribution is 5.74. The number of rotatable bonds is 7. The molecule has 0 aliphatic heterocycles. The van der Waals surface area contributed by atoms with Crippen LogP contribution >= 0.6 is 0 Å². The van der Waals surface area contributed by atoms with E-state index in [9.17, 15) is 4.79 Å². The van der Waals surface area contributed by atoms with Crippen molar-refractivity contribution in [1.29, 1.82) is 0 Å². The number of nitrogens with one attached hydrogen (secondary N) is 3. The smallest absolute Gasteiger partial charge is 0.315 e. The highest BCUT2D eigenvalue weighted by Gasteiger charge is 2.15. The van der Waals surface area contributed by atoms with Gasteiger partial charge in [0.25, 0.3) is 0 Å². The molecular weight excluding hydrogens is 288 g/mol. The molecule has 1 aliphatic rings. The van der Waals surface area contributed by atoms with Crippen LogP contribution in [0.15, 0.2) is 24.3 Å². The maximum absolute atomic E-state index is 11.9. The van der Waals surface area contributed by atoms with Crippen molar-refractivity contribution >= 4 is 11.7 Å². The van der Waals surface area contributed by atoms with Crippen molar-refractivity contribution in [1.82, 2.24) is 15.5 Å². The fraction of sp³-hybridized carbons (Fsp3) is 0.611. The number of amides is 2. The first-order valence-electron chi connectivity index (χ1n) is 8.65. The third-order valence-corrected chi connectivity index (χ3v) is 4.24. The van der Waals surface area contributed by atoms with Crippen LogP contribution in [0.1, 0.15) is 37.7 Å². The van der Waals surface area contributed by atoms with Crippen LogP contribution in [0.2, 0.25) is 0 Å². The summed E-state index contributed by atoms with van der Waals surface area (Å²) in [4.78, 5) is 14.1. The molecule has 0 bridgehead atoms. The minimum absolute atomic E-state index is 0.0508. The molecule has 1 aromatic carbocycles. The van der Waals surface area contributed by atoms with Gasteiger partial charge in [0.05, 0.1) is 0 Å². The summed E-state index contributed by atoms with van der Waals surface area (Å²) in [6, 6.07) is 8.53. The minimum Gasteiger partial charge on any atom is -0.384 e. The Hall–Kier alpha value is -1.75. The molecule has 3 N–H and O–H groups in total. The molecule has 0 radical (unpaired) electrons. The Labute approximate surface area is 139 Å². The van der Waals surface area contributed by atoms with E-state index < -0.39 is 0 Å². The van der Waals surface area contributed by atoms with Crippen LogP contribution in [-0.2, 0) is 6.54 Å². The van der Waals surface area contributed by atoms with Crippen molar-refractivity contribution in [2.45, 2.75) is 44.7 Å². The van der Waals surface area contributed by atoms with Gasteiger partial charge >= 0.3 is 6.03 Å². The van der Waals surface area contributed by atoms with Crippen LogP contribution in [-0.4, -0.2) is 44.2 Å². The van der Waals surface area contributed by atoms with E-state index in [1.807, 2.05) is 0 Å². The molecule has 0 spiro atoms. The summed E-state index contributed by atoms with van der Waals surface area (Å²) in [6.07, 6.45) is 5.98. The molecule has 23 heavy (non-hydrogen) atoms. The summed E-state index contributed by atoms with van der Waals surface area (Å²) in [5, 5.41) is 9.40.